The molecule has 0 N–H and O–H groups in total. The number of fused-ring (bicyclic) bond motifs is 11. The summed E-state index contributed by atoms with van der Waals surface area (Å²) in [6.45, 7) is 5.08. The molecule has 0 saturated heterocycles. The molecule has 0 aliphatic heterocycles. The molecule has 2 heteroatoms. The van der Waals surface area contributed by atoms with Crippen LogP contribution in [0.1, 0.15) is 50.7 Å². The van der Waals surface area contributed by atoms with E-state index in [4.69, 9.17) is 0 Å². The molecule has 49 heavy (non-hydrogen) atoms. The fourth-order valence-electron chi connectivity index (χ4n) is 10.7. The maximum Gasteiger partial charge on any atom is 0.0640 e. The van der Waals surface area contributed by atoms with Crippen LogP contribution >= 0.6 is 11.3 Å². The van der Waals surface area contributed by atoms with E-state index in [-0.39, 0.29) is 5.41 Å². The van der Waals surface area contributed by atoms with Gasteiger partial charge in [-0.3, -0.25) is 0 Å². The number of benzene rings is 6. The van der Waals surface area contributed by atoms with Gasteiger partial charge in [0, 0.05) is 32.1 Å². The number of hydrogen-bond acceptors (Lipinski definition) is 2. The maximum atomic E-state index is 2.58. The first kappa shape index (κ1) is 29.3. The average molecular weight is 652 g/mol. The lowest BCUT2D eigenvalue weighted by Crippen LogP contribution is -2.49. The Morgan fingerprint density at radius 2 is 1.27 bits per heavy atom. The summed E-state index contributed by atoms with van der Waals surface area (Å²) in [6, 6.07) is 52.5. The predicted octanol–water partition coefficient (Wildman–Crippen LogP) is 13.5. The van der Waals surface area contributed by atoms with Crippen molar-refractivity contribution in [1.82, 2.24) is 0 Å². The van der Waals surface area contributed by atoms with E-state index in [0.717, 1.165) is 11.8 Å². The van der Waals surface area contributed by atoms with E-state index in [0.29, 0.717) is 11.8 Å². The van der Waals surface area contributed by atoms with Crippen LogP contribution in [0.15, 0.2) is 140 Å². The van der Waals surface area contributed by atoms with Gasteiger partial charge >= 0.3 is 0 Å². The molecule has 7 aromatic rings. The summed E-state index contributed by atoms with van der Waals surface area (Å²) < 4.78 is 2.67. The molecule has 2 fully saturated rings. The molecule has 10 rings (SSSR count). The first-order chi connectivity index (χ1) is 24.1. The predicted molar refractivity (Wildman–Crippen MR) is 209 cm³/mol. The zero-order valence-electron chi connectivity index (χ0n) is 28.3. The van der Waals surface area contributed by atoms with Crippen LogP contribution in [0.5, 0.6) is 0 Å². The highest BCUT2D eigenvalue weighted by Gasteiger charge is 2.57. The molecule has 1 heterocycles. The number of nitrogens with zero attached hydrogens (tertiary/aromatic N) is 1. The largest absolute Gasteiger partial charge is 0.308 e. The van der Waals surface area contributed by atoms with Crippen molar-refractivity contribution < 1.29 is 0 Å². The molecule has 240 valence electrons. The van der Waals surface area contributed by atoms with Gasteiger partial charge in [-0.1, -0.05) is 123 Å². The van der Waals surface area contributed by atoms with Crippen LogP contribution in [-0.2, 0) is 5.41 Å². The van der Waals surface area contributed by atoms with Gasteiger partial charge in [0.05, 0.1) is 16.1 Å². The summed E-state index contributed by atoms with van der Waals surface area (Å²) in [6.07, 6.45) is 5.41. The first-order valence-corrected chi connectivity index (χ1v) is 19.0. The van der Waals surface area contributed by atoms with E-state index < -0.39 is 0 Å². The SMILES string of the molecule is CC1CC2CC(C)C3(c4ccccc4-c4c(N(c5ccc(-c6ccccc6)cc5)c5cccc6c5sc5ccccc56)cccc43)C(C1)C2. The number of thiophene rings is 1. The Morgan fingerprint density at radius 3 is 2.14 bits per heavy atom. The number of anilines is 3. The minimum absolute atomic E-state index is 0.0551. The minimum Gasteiger partial charge on any atom is -0.308 e. The van der Waals surface area contributed by atoms with Gasteiger partial charge in [-0.2, -0.15) is 0 Å². The van der Waals surface area contributed by atoms with E-state index in [1.165, 1.54) is 85.2 Å². The van der Waals surface area contributed by atoms with Gasteiger partial charge in [0.25, 0.3) is 0 Å². The van der Waals surface area contributed by atoms with Crippen LogP contribution in [0, 0.1) is 23.7 Å². The molecule has 5 unspecified atom stereocenters. The number of rotatable bonds is 4. The fourth-order valence-corrected chi connectivity index (χ4v) is 11.9. The molecule has 5 atom stereocenters. The highest BCUT2D eigenvalue weighted by molar-refractivity contribution is 7.26. The van der Waals surface area contributed by atoms with E-state index >= 15 is 0 Å². The van der Waals surface area contributed by atoms with Crippen LogP contribution in [-0.4, -0.2) is 0 Å². The third-order valence-electron chi connectivity index (χ3n) is 12.4. The Kier molecular flexibility index (Phi) is 6.68. The molecule has 1 nitrogen and oxygen atoms in total. The van der Waals surface area contributed by atoms with Gasteiger partial charge in [0.1, 0.15) is 0 Å². The van der Waals surface area contributed by atoms with E-state index in [9.17, 15) is 0 Å². The second-order valence-corrected chi connectivity index (χ2v) is 16.2. The Bertz CT molecular complexity index is 2350. The van der Waals surface area contributed by atoms with Crippen molar-refractivity contribution in [3.05, 3.63) is 151 Å². The van der Waals surface area contributed by atoms with E-state index in [2.05, 4.69) is 158 Å². The van der Waals surface area contributed by atoms with Crippen LogP contribution < -0.4 is 4.90 Å². The van der Waals surface area contributed by atoms with Crippen molar-refractivity contribution in [3.63, 3.8) is 0 Å². The van der Waals surface area contributed by atoms with Crippen LogP contribution in [0.3, 0.4) is 0 Å². The molecular weight excluding hydrogens is 611 g/mol. The van der Waals surface area contributed by atoms with Gasteiger partial charge < -0.3 is 4.90 Å². The molecule has 6 aromatic carbocycles. The van der Waals surface area contributed by atoms with Gasteiger partial charge in [0.15, 0.2) is 0 Å². The minimum atomic E-state index is 0.0551. The summed E-state index contributed by atoms with van der Waals surface area (Å²) in [5.74, 6) is 2.93. The van der Waals surface area contributed by atoms with Crippen LogP contribution in [0.4, 0.5) is 17.1 Å². The second-order valence-electron chi connectivity index (χ2n) is 15.1. The lowest BCUT2D eigenvalue weighted by Gasteiger charge is -2.54. The molecule has 0 amide bonds. The van der Waals surface area contributed by atoms with Crippen molar-refractivity contribution in [2.75, 3.05) is 4.90 Å². The van der Waals surface area contributed by atoms with Crippen molar-refractivity contribution in [1.29, 1.82) is 0 Å². The lowest BCUT2D eigenvalue weighted by atomic mass is 9.49. The van der Waals surface area contributed by atoms with Gasteiger partial charge in [-0.15, -0.1) is 11.3 Å². The molecule has 0 radical (unpaired) electrons. The van der Waals surface area contributed by atoms with Crippen molar-refractivity contribution in [2.24, 2.45) is 23.7 Å². The molecule has 1 aromatic heterocycles. The summed E-state index contributed by atoms with van der Waals surface area (Å²) in [5, 5.41) is 2.67. The Labute approximate surface area is 293 Å². The third-order valence-corrected chi connectivity index (χ3v) is 13.6. The highest BCUT2D eigenvalue weighted by Crippen LogP contribution is 2.66. The zero-order valence-corrected chi connectivity index (χ0v) is 29.1. The monoisotopic (exact) mass is 651 g/mol. The van der Waals surface area contributed by atoms with Gasteiger partial charge in [0.2, 0.25) is 0 Å². The summed E-state index contributed by atoms with van der Waals surface area (Å²) in [7, 11) is 0. The Hall–Kier alpha value is -4.66. The van der Waals surface area contributed by atoms with Crippen molar-refractivity contribution in [2.45, 2.75) is 44.9 Å². The Balaban J connectivity index is 1.24. The average Bonchev–Trinajstić information content (AvgIpc) is 3.67. The van der Waals surface area contributed by atoms with Crippen LogP contribution in [0.25, 0.3) is 42.4 Å². The van der Waals surface area contributed by atoms with Gasteiger partial charge in [-0.25, -0.2) is 0 Å². The lowest BCUT2D eigenvalue weighted by molar-refractivity contribution is 0.0426. The summed E-state index contributed by atoms with van der Waals surface area (Å²) in [4.78, 5) is 2.58. The van der Waals surface area contributed by atoms with Gasteiger partial charge in [-0.05, 0) is 108 Å². The smallest absolute Gasteiger partial charge is 0.0640 e. The topological polar surface area (TPSA) is 3.24 Å². The highest BCUT2D eigenvalue weighted by atomic mass is 32.1. The molecular formula is C47H41NS. The van der Waals surface area contributed by atoms with Crippen LogP contribution in [0.2, 0.25) is 0 Å². The molecule has 2 bridgehead atoms. The van der Waals surface area contributed by atoms with E-state index in [1.54, 1.807) is 11.1 Å². The fraction of sp³-hybridized carbons (Fsp3) is 0.234. The molecule has 3 aliphatic rings. The maximum absolute atomic E-state index is 2.58. The van der Waals surface area contributed by atoms with Crippen molar-refractivity contribution in [3.8, 4) is 22.3 Å². The zero-order chi connectivity index (χ0) is 32.7. The summed E-state index contributed by atoms with van der Waals surface area (Å²) in [5.41, 5.74) is 12.3. The summed E-state index contributed by atoms with van der Waals surface area (Å²) >= 11 is 1.92. The molecule has 2 saturated carbocycles. The number of hydrogen-bond donors (Lipinski definition) is 0. The second kappa shape index (κ2) is 11.2. The molecule has 1 spiro atoms. The van der Waals surface area contributed by atoms with E-state index in [1.807, 2.05) is 11.3 Å². The Morgan fingerprint density at radius 1 is 0.571 bits per heavy atom. The standard InChI is InChI=1S/C47H41NS/c1-30-26-32-28-31(2)47(35(27-30)29-32)40-17-8-6-15-39(40)45-41(47)18-11-19-42(45)48(36-24-22-34(23-25-36)33-12-4-3-5-13-33)43-20-10-16-38-37-14-7-9-21-44(37)49-46(38)43/h3-25,30-32,35H,26-29H2,1-2H3. The normalized spacial score (nSPS) is 23.9. The third kappa shape index (κ3) is 4.29. The first-order valence-electron chi connectivity index (χ1n) is 18.2. The van der Waals surface area contributed by atoms with Crippen molar-refractivity contribution >= 4 is 48.6 Å². The molecule has 3 aliphatic carbocycles. The quantitative estimate of drug-likeness (QED) is 0.183.